The maximum absolute atomic E-state index is 10.3. The molecule has 0 bridgehead atoms. The van der Waals surface area contributed by atoms with E-state index in [-0.39, 0.29) is 0 Å². The largest absolute Gasteiger partial charge is 0.481 e. The molecule has 78 valence electrons. The van der Waals surface area contributed by atoms with Crippen LogP contribution >= 0.6 is 11.8 Å². The summed E-state index contributed by atoms with van der Waals surface area (Å²) in [6.45, 7) is 4.30. The number of carbonyl (C=O) groups is 1. The third-order valence-electron chi connectivity index (χ3n) is 1.91. The predicted octanol–water partition coefficient (Wildman–Crippen LogP) is 3.16. The van der Waals surface area contributed by atoms with Gasteiger partial charge in [0.05, 0.1) is 0 Å². The second-order valence-electron chi connectivity index (χ2n) is 3.32. The molecule has 0 saturated heterocycles. The molecule has 0 aliphatic carbocycles. The lowest BCUT2D eigenvalue weighted by atomic mass is 10.2. The average Bonchev–Trinajstić information content (AvgIpc) is 2.09. The highest BCUT2D eigenvalue weighted by Crippen LogP contribution is 2.17. The minimum atomic E-state index is -0.680. The Bertz CT molecular complexity index is 137. The quantitative estimate of drug-likeness (QED) is 0.617. The molecule has 0 aliphatic rings. The standard InChI is InChI=1S/C10H20O2S/c1-3-4-5-8-13-9(2)6-7-10(11)12/h9H,3-8H2,1-2H3,(H,11,12). The first-order valence-electron chi connectivity index (χ1n) is 5.00. The van der Waals surface area contributed by atoms with Gasteiger partial charge in [0.1, 0.15) is 0 Å². The number of carboxylic acid groups (broad SMARTS) is 1. The van der Waals surface area contributed by atoms with Gasteiger partial charge in [-0.2, -0.15) is 11.8 Å². The van der Waals surface area contributed by atoms with Crippen molar-refractivity contribution >= 4 is 17.7 Å². The number of unbranched alkanes of at least 4 members (excludes halogenated alkanes) is 2. The van der Waals surface area contributed by atoms with E-state index in [1.807, 2.05) is 11.8 Å². The maximum atomic E-state index is 10.3. The number of aliphatic carboxylic acids is 1. The number of carboxylic acids is 1. The van der Waals surface area contributed by atoms with Gasteiger partial charge >= 0.3 is 5.97 Å². The van der Waals surface area contributed by atoms with Gasteiger partial charge in [-0.05, 0) is 18.6 Å². The van der Waals surface area contributed by atoms with E-state index in [9.17, 15) is 4.79 Å². The molecule has 0 aromatic rings. The fraction of sp³-hybridized carbons (Fsp3) is 0.900. The van der Waals surface area contributed by atoms with E-state index in [0.717, 1.165) is 6.42 Å². The van der Waals surface area contributed by atoms with Gasteiger partial charge in [-0.1, -0.05) is 26.7 Å². The molecule has 3 heteroatoms. The molecule has 0 saturated carbocycles. The van der Waals surface area contributed by atoms with Crippen LogP contribution in [0.3, 0.4) is 0 Å². The summed E-state index contributed by atoms with van der Waals surface area (Å²) in [5.41, 5.74) is 0. The Morgan fingerprint density at radius 2 is 2.15 bits per heavy atom. The zero-order valence-electron chi connectivity index (χ0n) is 8.58. The lowest BCUT2D eigenvalue weighted by molar-refractivity contribution is -0.137. The van der Waals surface area contributed by atoms with Crippen molar-refractivity contribution in [3.05, 3.63) is 0 Å². The van der Waals surface area contributed by atoms with Gasteiger partial charge in [0.15, 0.2) is 0 Å². The molecule has 0 aromatic carbocycles. The zero-order valence-corrected chi connectivity index (χ0v) is 9.40. The molecule has 1 atom stereocenters. The van der Waals surface area contributed by atoms with Crippen LogP contribution < -0.4 is 0 Å². The molecule has 0 amide bonds. The Kier molecular flexibility index (Phi) is 8.30. The SMILES string of the molecule is CCCCCSC(C)CCC(=O)O. The minimum Gasteiger partial charge on any atom is -0.481 e. The van der Waals surface area contributed by atoms with Crippen LogP contribution in [0.15, 0.2) is 0 Å². The van der Waals surface area contributed by atoms with E-state index in [4.69, 9.17) is 5.11 Å². The van der Waals surface area contributed by atoms with E-state index in [1.54, 1.807) is 0 Å². The van der Waals surface area contributed by atoms with Crippen molar-refractivity contribution in [1.29, 1.82) is 0 Å². The van der Waals surface area contributed by atoms with Crippen molar-refractivity contribution in [3.8, 4) is 0 Å². The van der Waals surface area contributed by atoms with Crippen LogP contribution in [0.1, 0.15) is 46.0 Å². The van der Waals surface area contributed by atoms with Crippen molar-refractivity contribution in [2.24, 2.45) is 0 Å². The van der Waals surface area contributed by atoms with Crippen molar-refractivity contribution in [1.82, 2.24) is 0 Å². The number of hydrogen-bond acceptors (Lipinski definition) is 2. The van der Waals surface area contributed by atoms with Crippen LogP contribution in [-0.2, 0) is 4.79 Å². The van der Waals surface area contributed by atoms with Gasteiger partial charge in [0.2, 0.25) is 0 Å². The summed E-state index contributed by atoms with van der Waals surface area (Å²) in [6.07, 6.45) is 4.91. The summed E-state index contributed by atoms with van der Waals surface area (Å²) in [6, 6.07) is 0. The smallest absolute Gasteiger partial charge is 0.303 e. The number of rotatable bonds is 8. The Labute approximate surface area is 85.1 Å². The first-order chi connectivity index (χ1) is 6.16. The highest BCUT2D eigenvalue weighted by atomic mass is 32.2. The van der Waals surface area contributed by atoms with Gasteiger partial charge < -0.3 is 5.11 Å². The average molecular weight is 204 g/mol. The lowest BCUT2D eigenvalue weighted by Crippen LogP contribution is -2.03. The van der Waals surface area contributed by atoms with Gasteiger partial charge in [-0.3, -0.25) is 4.79 Å². The molecule has 0 heterocycles. The summed E-state index contributed by atoms with van der Waals surface area (Å²) in [5.74, 6) is 0.496. The van der Waals surface area contributed by atoms with E-state index in [1.165, 1.54) is 25.0 Å². The zero-order chi connectivity index (χ0) is 10.1. The third-order valence-corrected chi connectivity index (χ3v) is 3.24. The normalized spacial score (nSPS) is 12.8. The Balaban J connectivity index is 3.19. The lowest BCUT2D eigenvalue weighted by Gasteiger charge is -2.08. The molecule has 0 aromatic heterocycles. The van der Waals surface area contributed by atoms with Crippen molar-refractivity contribution in [3.63, 3.8) is 0 Å². The van der Waals surface area contributed by atoms with E-state index in [0.29, 0.717) is 11.7 Å². The second kappa shape index (κ2) is 8.42. The highest BCUT2D eigenvalue weighted by Gasteiger charge is 2.04. The minimum absolute atomic E-state index is 0.307. The van der Waals surface area contributed by atoms with Gasteiger partial charge in [-0.15, -0.1) is 0 Å². The molecule has 0 radical (unpaired) electrons. The summed E-state index contributed by atoms with van der Waals surface area (Å²) in [4.78, 5) is 10.3. The fourth-order valence-electron chi connectivity index (χ4n) is 1.05. The van der Waals surface area contributed by atoms with Crippen LogP contribution in [0.4, 0.5) is 0 Å². The molecular formula is C10H20O2S. The van der Waals surface area contributed by atoms with Crippen LogP contribution in [0.5, 0.6) is 0 Å². The van der Waals surface area contributed by atoms with E-state index in [2.05, 4.69) is 13.8 Å². The molecule has 0 fully saturated rings. The first-order valence-corrected chi connectivity index (χ1v) is 6.05. The summed E-state index contributed by atoms with van der Waals surface area (Å²) in [7, 11) is 0. The summed E-state index contributed by atoms with van der Waals surface area (Å²) >= 11 is 1.89. The van der Waals surface area contributed by atoms with E-state index >= 15 is 0 Å². The second-order valence-corrected chi connectivity index (χ2v) is 4.87. The molecule has 1 unspecified atom stereocenters. The topological polar surface area (TPSA) is 37.3 Å². The highest BCUT2D eigenvalue weighted by molar-refractivity contribution is 7.99. The third kappa shape index (κ3) is 9.74. The van der Waals surface area contributed by atoms with Gasteiger partial charge in [0, 0.05) is 11.7 Å². The van der Waals surface area contributed by atoms with Crippen molar-refractivity contribution < 1.29 is 9.90 Å². The molecule has 2 nitrogen and oxygen atoms in total. The molecule has 0 rings (SSSR count). The molecular weight excluding hydrogens is 184 g/mol. The van der Waals surface area contributed by atoms with Crippen LogP contribution in [0.25, 0.3) is 0 Å². The first kappa shape index (κ1) is 12.8. The number of hydrogen-bond donors (Lipinski definition) is 1. The summed E-state index contributed by atoms with van der Waals surface area (Å²) < 4.78 is 0. The van der Waals surface area contributed by atoms with Crippen molar-refractivity contribution in [2.45, 2.75) is 51.2 Å². The molecule has 0 spiro atoms. The van der Waals surface area contributed by atoms with E-state index < -0.39 is 5.97 Å². The van der Waals surface area contributed by atoms with Crippen LogP contribution in [0, 0.1) is 0 Å². The van der Waals surface area contributed by atoms with Crippen molar-refractivity contribution in [2.75, 3.05) is 5.75 Å². The predicted molar refractivity (Wildman–Crippen MR) is 58.3 cm³/mol. The number of thioether (sulfide) groups is 1. The van der Waals surface area contributed by atoms with Gasteiger partial charge in [0.25, 0.3) is 0 Å². The maximum Gasteiger partial charge on any atom is 0.303 e. The van der Waals surface area contributed by atoms with Crippen LogP contribution in [-0.4, -0.2) is 22.1 Å². The molecule has 1 N–H and O–H groups in total. The Hall–Kier alpha value is -0.180. The molecule has 0 aliphatic heterocycles. The fourth-order valence-corrected chi connectivity index (χ4v) is 2.10. The monoisotopic (exact) mass is 204 g/mol. The van der Waals surface area contributed by atoms with Crippen LogP contribution in [0.2, 0.25) is 0 Å². The molecule has 13 heavy (non-hydrogen) atoms. The Morgan fingerprint density at radius 3 is 2.69 bits per heavy atom. The Morgan fingerprint density at radius 1 is 1.46 bits per heavy atom. The van der Waals surface area contributed by atoms with Gasteiger partial charge in [-0.25, -0.2) is 0 Å². The summed E-state index contributed by atoms with van der Waals surface area (Å²) in [5, 5.41) is 8.96.